The third-order valence-corrected chi connectivity index (χ3v) is 7.52. The van der Waals surface area contributed by atoms with Crippen LogP contribution in [0.5, 0.6) is 0 Å². The molecule has 40 heavy (non-hydrogen) atoms. The minimum atomic E-state index is -4.51. The molecule has 210 valence electrons. The molecule has 0 radical (unpaired) electrons. The fourth-order valence-corrected chi connectivity index (χ4v) is 5.06. The summed E-state index contributed by atoms with van der Waals surface area (Å²) in [4.78, 5) is 0.128. The van der Waals surface area contributed by atoms with Gasteiger partial charge in [-0.25, -0.2) is 0 Å². The van der Waals surface area contributed by atoms with Crippen molar-refractivity contribution in [2.45, 2.75) is 40.5 Å². The molecule has 9 nitrogen and oxygen atoms in total. The molecule has 2 aliphatic rings. The zero-order valence-electron chi connectivity index (χ0n) is 23.1. The van der Waals surface area contributed by atoms with Gasteiger partial charge in [0, 0.05) is 23.3 Å². The van der Waals surface area contributed by atoms with Gasteiger partial charge in [-0.05, 0) is 92.5 Å². The fraction of sp³-hybridized carbons (Fsp3) is 0.241. The molecule has 0 saturated carbocycles. The Morgan fingerprint density at radius 1 is 1.07 bits per heavy atom. The van der Waals surface area contributed by atoms with E-state index in [2.05, 4.69) is 27.6 Å². The van der Waals surface area contributed by atoms with Crippen molar-refractivity contribution in [3.05, 3.63) is 93.7 Å². The van der Waals surface area contributed by atoms with Crippen molar-refractivity contribution in [2.24, 2.45) is 10.2 Å². The number of allylic oxidation sites excluding steroid dienone is 9. The highest BCUT2D eigenvalue weighted by molar-refractivity contribution is 7.90. The summed E-state index contributed by atoms with van der Waals surface area (Å²) < 4.78 is 39.2. The van der Waals surface area contributed by atoms with Gasteiger partial charge in [-0.15, -0.1) is 0 Å². The number of aryl methyl sites for hydroxylation is 2. The van der Waals surface area contributed by atoms with Crippen molar-refractivity contribution >= 4 is 55.7 Å². The molecule has 0 aliphatic heterocycles. The zero-order chi connectivity index (χ0) is 29.6. The summed E-state index contributed by atoms with van der Waals surface area (Å²) in [5.41, 5.74) is 12.8. The van der Waals surface area contributed by atoms with E-state index in [1.807, 2.05) is 45.1 Å². The molecule has 0 atom stereocenters. The Hall–Kier alpha value is -3.93. The lowest BCUT2D eigenvalue weighted by atomic mass is 10.1. The minimum Gasteiger partial charge on any atom is -0.495 e. The summed E-state index contributed by atoms with van der Waals surface area (Å²) in [6, 6.07) is 3.86. The second kappa shape index (κ2) is 12.9. The molecule has 0 unspecified atom stereocenters. The minimum absolute atomic E-state index is 0.271. The third-order valence-electron chi connectivity index (χ3n) is 6.34. The second-order valence-electron chi connectivity index (χ2n) is 9.32. The third kappa shape index (κ3) is 7.59. The van der Waals surface area contributed by atoms with Crippen molar-refractivity contribution in [1.29, 1.82) is 5.41 Å². The van der Waals surface area contributed by atoms with Gasteiger partial charge in [0.1, 0.15) is 10.7 Å². The number of anilines is 2. The Balaban J connectivity index is 1.87. The van der Waals surface area contributed by atoms with Gasteiger partial charge in [-0.1, -0.05) is 24.9 Å². The van der Waals surface area contributed by atoms with Gasteiger partial charge >= 0.3 is 0 Å². The lowest BCUT2D eigenvalue weighted by Gasteiger charge is -2.13. The van der Waals surface area contributed by atoms with Gasteiger partial charge in [0.15, 0.2) is 0 Å². The molecular formula is C29H33N5O4S2. The molecule has 11 heteroatoms. The first-order chi connectivity index (χ1) is 18.8. The molecule has 0 fully saturated rings. The van der Waals surface area contributed by atoms with Crippen LogP contribution >= 0.6 is 12.2 Å². The van der Waals surface area contributed by atoms with Crippen LogP contribution in [0.15, 0.2) is 92.8 Å². The maximum atomic E-state index is 12.1. The number of nitrogens with one attached hydrogen (secondary N) is 3. The predicted octanol–water partition coefficient (Wildman–Crippen LogP) is 6.34. The van der Waals surface area contributed by atoms with E-state index in [4.69, 9.17) is 22.4 Å². The molecule has 0 spiro atoms. The van der Waals surface area contributed by atoms with E-state index in [1.165, 1.54) is 12.2 Å². The first-order valence-corrected chi connectivity index (χ1v) is 14.2. The maximum absolute atomic E-state index is 12.1. The highest BCUT2D eigenvalue weighted by Gasteiger charge is 2.23. The predicted molar refractivity (Wildman–Crippen MR) is 168 cm³/mol. The van der Waals surface area contributed by atoms with Crippen LogP contribution < -0.4 is 10.9 Å². The summed E-state index contributed by atoms with van der Waals surface area (Å²) in [6.07, 6.45) is 10.6. The van der Waals surface area contributed by atoms with Gasteiger partial charge in [0.2, 0.25) is 0 Å². The van der Waals surface area contributed by atoms with E-state index in [0.717, 1.165) is 33.8 Å². The SMILES string of the molecule is C=CC(C=C1C(C)=CCC(=S)C=C1S(=O)(=O)O)=NNc1cc(C)c(NN=C2CC=C(OC)C(=N)C=C2C)cc1C. The average Bonchev–Trinajstić information content (AvgIpc) is 3.12. The van der Waals surface area contributed by atoms with Crippen molar-refractivity contribution < 1.29 is 17.7 Å². The number of hydrogen-bond donors (Lipinski definition) is 4. The standard InChI is InChI=1S/C29H33N5O4S2/c1-7-21(15-23-17(2)8-9-22(39)16-29(23)40(35,36)37)31-33-26-13-20(5)27(14-19(26)4)34-32-25-10-11-28(38-6)24(30)12-18(25)3/h7-8,11-16,30,33-34H,1,9-10H2,2-6H3,(H,35,36,37). The molecule has 0 saturated heterocycles. The Bertz CT molecular complexity index is 1590. The van der Waals surface area contributed by atoms with E-state index in [9.17, 15) is 13.0 Å². The molecule has 2 aliphatic carbocycles. The van der Waals surface area contributed by atoms with Crippen LogP contribution in [-0.4, -0.2) is 42.1 Å². The van der Waals surface area contributed by atoms with Gasteiger partial charge in [-0.2, -0.15) is 18.6 Å². The number of thiocarbonyl (C=S) groups is 1. The van der Waals surface area contributed by atoms with E-state index < -0.39 is 10.1 Å². The molecule has 4 N–H and O–H groups in total. The Morgan fingerprint density at radius 3 is 2.33 bits per heavy atom. The molecule has 1 aromatic rings. The summed E-state index contributed by atoms with van der Waals surface area (Å²) >= 11 is 5.20. The number of ether oxygens (including phenoxy) is 1. The number of nitrogens with zero attached hydrogens (tertiary/aromatic N) is 2. The van der Waals surface area contributed by atoms with Crippen LogP contribution in [0.4, 0.5) is 11.4 Å². The number of methoxy groups -OCH3 is 1. The molecular weight excluding hydrogens is 546 g/mol. The summed E-state index contributed by atoms with van der Waals surface area (Å²) in [5.74, 6) is 0.515. The van der Waals surface area contributed by atoms with Crippen molar-refractivity contribution in [2.75, 3.05) is 18.0 Å². The molecule has 0 heterocycles. The highest BCUT2D eigenvalue weighted by atomic mass is 32.2. The summed E-state index contributed by atoms with van der Waals surface area (Å²) in [5, 5.41) is 17.1. The molecule has 0 aromatic heterocycles. The van der Waals surface area contributed by atoms with Crippen molar-refractivity contribution in [3.8, 4) is 0 Å². The molecule has 3 rings (SSSR count). The van der Waals surface area contributed by atoms with Gasteiger partial charge in [-0.3, -0.25) is 20.8 Å². The summed E-state index contributed by atoms with van der Waals surface area (Å²) in [6.45, 7) is 11.3. The average molecular weight is 580 g/mol. The monoisotopic (exact) mass is 579 g/mol. The van der Waals surface area contributed by atoms with E-state index in [-0.39, 0.29) is 4.91 Å². The normalized spacial score (nSPS) is 18.8. The van der Waals surface area contributed by atoms with Gasteiger partial charge in [0.05, 0.1) is 35.6 Å². The van der Waals surface area contributed by atoms with Crippen LogP contribution in [-0.2, 0) is 14.9 Å². The number of hydrogen-bond acceptors (Lipinski definition) is 9. The van der Waals surface area contributed by atoms with Crippen LogP contribution in [0, 0.1) is 19.3 Å². The van der Waals surface area contributed by atoms with Crippen molar-refractivity contribution in [3.63, 3.8) is 0 Å². The van der Waals surface area contributed by atoms with Gasteiger partial charge < -0.3 is 4.74 Å². The lowest BCUT2D eigenvalue weighted by molar-refractivity contribution is 0.314. The molecule has 1 aromatic carbocycles. The second-order valence-corrected chi connectivity index (χ2v) is 11.2. The highest BCUT2D eigenvalue weighted by Crippen LogP contribution is 2.28. The molecule has 0 bridgehead atoms. The van der Waals surface area contributed by atoms with E-state index in [1.54, 1.807) is 26.2 Å². The topological polar surface area (TPSA) is 136 Å². The first-order valence-electron chi connectivity index (χ1n) is 12.4. The lowest BCUT2D eigenvalue weighted by Crippen LogP contribution is -2.08. The van der Waals surface area contributed by atoms with Gasteiger partial charge in [0.25, 0.3) is 10.1 Å². The number of hydrazone groups is 2. The fourth-order valence-electron chi connectivity index (χ4n) is 3.99. The first kappa shape index (κ1) is 30.6. The zero-order valence-corrected chi connectivity index (χ0v) is 24.8. The Kier molecular flexibility index (Phi) is 9.91. The van der Waals surface area contributed by atoms with E-state index >= 15 is 0 Å². The largest absolute Gasteiger partial charge is 0.495 e. The number of rotatable bonds is 8. The quantitative estimate of drug-likeness (QED) is 0.122. The van der Waals surface area contributed by atoms with Crippen LogP contribution in [0.1, 0.15) is 37.8 Å². The maximum Gasteiger partial charge on any atom is 0.295 e. The van der Waals surface area contributed by atoms with Crippen LogP contribution in [0.3, 0.4) is 0 Å². The van der Waals surface area contributed by atoms with Crippen molar-refractivity contribution in [1.82, 2.24) is 0 Å². The summed E-state index contributed by atoms with van der Waals surface area (Å²) in [7, 11) is -2.97. The van der Waals surface area contributed by atoms with E-state index in [0.29, 0.717) is 46.0 Å². The van der Waals surface area contributed by atoms with Crippen LogP contribution in [0.25, 0.3) is 0 Å². The Labute approximate surface area is 240 Å². The Morgan fingerprint density at radius 2 is 1.73 bits per heavy atom. The van der Waals surface area contributed by atoms with Crippen LogP contribution in [0.2, 0.25) is 0 Å². The number of benzene rings is 1. The molecule has 0 amide bonds. The smallest absolute Gasteiger partial charge is 0.295 e.